The van der Waals surface area contributed by atoms with Crippen molar-refractivity contribution in [2.24, 2.45) is 0 Å². The van der Waals surface area contributed by atoms with Crippen LogP contribution in [0.15, 0.2) is 54.6 Å². The summed E-state index contributed by atoms with van der Waals surface area (Å²) in [6.45, 7) is 1.88. The molecule has 2 amide bonds. The third kappa shape index (κ3) is 5.86. The van der Waals surface area contributed by atoms with Gasteiger partial charge in [0.2, 0.25) is 18.6 Å². The molecule has 0 spiro atoms. The van der Waals surface area contributed by atoms with Gasteiger partial charge in [0, 0.05) is 30.3 Å². The van der Waals surface area contributed by atoms with Gasteiger partial charge in [-0.1, -0.05) is 29.5 Å². The Morgan fingerprint density at radius 1 is 1.07 bits per heavy atom. The molecule has 0 radical (unpaired) electrons. The Balaban J connectivity index is 1.53. The van der Waals surface area contributed by atoms with Crippen LogP contribution in [-0.2, 0) is 20.9 Å². The van der Waals surface area contributed by atoms with E-state index < -0.39 is 17.9 Å². The van der Waals surface area contributed by atoms with Crippen LogP contribution >= 0.6 is 0 Å². The molecule has 13 heteroatoms. The molecule has 2 atom stereocenters. The first-order valence-electron chi connectivity index (χ1n) is 14.5. The molecular weight excluding hydrogens is 582 g/mol. The molecule has 0 saturated carbocycles. The number of hydrogen-bond donors (Lipinski definition) is 1. The van der Waals surface area contributed by atoms with Crippen LogP contribution in [0.1, 0.15) is 41.7 Å². The number of fused-ring (bicyclic) bond motifs is 2. The quantitative estimate of drug-likeness (QED) is 0.249. The van der Waals surface area contributed by atoms with Crippen molar-refractivity contribution in [3.63, 3.8) is 0 Å². The molecule has 1 aromatic heterocycles. The van der Waals surface area contributed by atoms with Crippen LogP contribution in [0, 0.1) is 0 Å². The number of anilines is 1. The first-order chi connectivity index (χ1) is 21.9. The molecule has 13 nitrogen and oxygen atoms in total. The maximum Gasteiger partial charge on any atom is 0.249 e. The highest BCUT2D eigenvalue weighted by atomic mass is 16.7. The SMILES string of the molecule is COc1cccc([C@@H](C(=O)NC[C@@H]2CCCO2)N(C(=O)Cn2nnc3ccccc32)c2cc3c(cc2C(C)=O)OCO3)c1OC. The summed E-state index contributed by atoms with van der Waals surface area (Å²) in [5, 5.41) is 11.4. The Morgan fingerprint density at radius 3 is 2.60 bits per heavy atom. The molecule has 234 valence electrons. The Morgan fingerprint density at radius 2 is 1.87 bits per heavy atom. The molecule has 4 aromatic rings. The summed E-state index contributed by atoms with van der Waals surface area (Å²) in [4.78, 5) is 43.4. The highest BCUT2D eigenvalue weighted by Crippen LogP contribution is 2.44. The van der Waals surface area contributed by atoms with Gasteiger partial charge in [0.25, 0.3) is 0 Å². The van der Waals surface area contributed by atoms with Crippen molar-refractivity contribution in [2.45, 2.75) is 38.5 Å². The smallest absolute Gasteiger partial charge is 0.249 e. The molecule has 2 aliphatic heterocycles. The normalized spacial score (nSPS) is 15.9. The lowest BCUT2D eigenvalue weighted by atomic mass is 9.98. The number of amides is 2. The van der Waals surface area contributed by atoms with Crippen molar-refractivity contribution >= 4 is 34.3 Å². The molecule has 3 aromatic carbocycles. The van der Waals surface area contributed by atoms with E-state index in [1.165, 1.54) is 36.8 Å². The topological polar surface area (TPSA) is 143 Å². The van der Waals surface area contributed by atoms with Gasteiger partial charge >= 0.3 is 0 Å². The zero-order chi connectivity index (χ0) is 31.5. The second-order valence-electron chi connectivity index (χ2n) is 10.6. The van der Waals surface area contributed by atoms with Crippen LogP contribution < -0.4 is 29.2 Å². The molecule has 2 aliphatic rings. The summed E-state index contributed by atoms with van der Waals surface area (Å²) in [7, 11) is 2.94. The monoisotopic (exact) mass is 615 g/mol. The lowest BCUT2D eigenvalue weighted by molar-refractivity contribution is -0.127. The van der Waals surface area contributed by atoms with Crippen LogP contribution in [0.25, 0.3) is 11.0 Å². The molecule has 3 heterocycles. The van der Waals surface area contributed by atoms with Gasteiger partial charge < -0.3 is 29.0 Å². The standard InChI is InChI=1S/C32H33N5O8/c1-19(38)22-14-27-28(45-18-44-27)15-25(22)37(29(39)17-36-24-11-5-4-10-23(24)34-35-36)30(32(40)33-16-20-8-7-13-43-20)21-9-6-12-26(41-2)31(21)42-3/h4-6,9-12,14-15,20,30H,7-8,13,16-18H2,1-3H3,(H,33,40)/t20-,30-/m0/s1. The van der Waals surface area contributed by atoms with Gasteiger partial charge in [0.15, 0.2) is 28.8 Å². The number of nitrogens with one attached hydrogen (secondary N) is 1. The van der Waals surface area contributed by atoms with Gasteiger partial charge in [-0.2, -0.15) is 0 Å². The predicted molar refractivity (Wildman–Crippen MR) is 162 cm³/mol. The number of nitrogens with zero attached hydrogens (tertiary/aromatic N) is 4. The van der Waals surface area contributed by atoms with Crippen LogP contribution in [0.5, 0.6) is 23.0 Å². The van der Waals surface area contributed by atoms with Crippen LogP contribution in [-0.4, -0.2) is 72.9 Å². The second-order valence-corrected chi connectivity index (χ2v) is 10.6. The summed E-state index contributed by atoms with van der Waals surface area (Å²) < 4.78 is 29.7. The van der Waals surface area contributed by atoms with E-state index in [1.807, 2.05) is 12.1 Å². The van der Waals surface area contributed by atoms with Crippen LogP contribution in [0.3, 0.4) is 0 Å². The molecule has 45 heavy (non-hydrogen) atoms. The van der Waals surface area contributed by atoms with Crippen molar-refractivity contribution in [3.8, 4) is 23.0 Å². The average Bonchev–Trinajstić information content (AvgIpc) is 3.83. The number of methoxy groups -OCH3 is 2. The van der Waals surface area contributed by atoms with E-state index >= 15 is 0 Å². The van der Waals surface area contributed by atoms with Crippen molar-refractivity contribution < 1.29 is 38.1 Å². The minimum atomic E-state index is -1.32. The van der Waals surface area contributed by atoms with E-state index in [0.717, 1.165) is 12.8 Å². The number of ketones is 1. The van der Waals surface area contributed by atoms with Gasteiger partial charge in [-0.05, 0) is 44.0 Å². The van der Waals surface area contributed by atoms with Crippen LogP contribution in [0.2, 0.25) is 0 Å². The van der Waals surface area contributed by atoms with Gasteiger partial charge in [-0.25, -0.2) is 4.68 Å². The summed E-state index contributed by atoms with van der Waals surface area (Å²) in [6.07, 6.45) is 1.53. The van der Waals surface area contributed by atoms with Gasteiger partial charge in [0.1, 0.15) is 18.1 Å². The van der Waals surface area contributed by atoms with E-state index in [0.29, 0.717) is 40.5 Å². The number of Topliss-reactive ketones (excluding diaryl/α,β-unsaturated/α-hetero) is 1. The Hall–Kier alpha value is -5.17. The third-order valence-corrected chi connectivity index (χ3v) is 7.87. The van der Waals surface area contributed by atoms with Crippen molar-refractivity contribution in [3.05, 3.63) is 65.7 Å². The second kappa shape index (κ2) is 12.8. The molecule has 0 aliphatic carbocycles. The molecule has 1 N–H and O–H groups in total. The lowest BCUT2D eigenvalue weighted by Crippen LogP contribution is -2.47. The van der Waals surface area contributed by atoms with E-state index in [9.17, 15) is 14.4 Å². The first-order valence-corrected chi connectivity index (χ1v) is 14.5. The summed E-state index contributed by atoms with van der Waals surface area (Å²) in [5.41, 5.74) is 1.88. The van der Waals surface area contributed by atoms with Gasteiger partial charge in [-0.3, -0.25) is 19.3 Å². The minimum absolute atomic E-state index is 0.0516. The fourth-order valence-electron chi connectivity index (χ4n) is 5.71. The van der Waals surface area contributed by atoms with Gasteiger partial charge in [-0.15, -0.1) is 5.10 Å². The number of hydrogen-bond acceptors (Lipinski definition) is 10. The Kier molecular flexibility index (Phi) is 8.52. The molecule has 0 bridgehead atoms. The number of benzene rings is 3. The average molecular weight is 616 g/mol. The number of rotatable bonds is 11. The van der Waals surface area contributed by atoms with E-state index in [-0.39, 0.29) is 48.8 Å². The zero-order valence-corrected chi connectivity index (χ0v) is 25.1. The van der Waals surface area contributed by atoms with Crippen molar-refractivity contribution in [2.75, 3.05) is 39.1 Å². The Bertz CT molecular complexity index is 1750. The first kappa shape index (κ1) is 29.9. The summed E-state index contributed by atoms with van der Waals surface area (Å²) >= 11 is 0. The zero-order valence-electron chi connectivity index (χ0n) is 25.1. The number of ether oxygens (including phenoxy) is 5. The summed E-state index contributed by atoms with van der Waals surface area (Å²) in [6, 6.07) is 14.1. The fraction of sp³-hybridized carbons (Fsp3) is 0.344. The number of para-hydroxylation sites is 2. The molecule has 0 unspecified atom stereocenters. The van der Waals surface area contributed by atoms with Crippen molar-refractivity contribution in [1.29, 1.82) is 0 Å². The highest BCUT2D eigenvalue weighted by Gasteiger charge is 2.39. The molecule has 1 saturated heterocycles. The fourth-order valence-corrected chi connectivity index (χ4v) is 5.71. The number of carbonyl (C=O) groups excluding carboxylic acids is 3. The predicted octanol–water partition coefficient (Wildman–Crippen LogP) is 3.45. The van der Waals surface area contributed by atoms with E-state index in [1.54, 1.807) is 36.4 Å². The number of aromatic nitrogens is 3. The largest absolute Gasteiger partial charge is 0.493 e. The maximum absolute atomic E-state index is 14.6. The molecular formula is C32H33N5O8. The lowest BCUT2D eigenvalue weighted by Gasteiger charge is -2.33. The maximum atomic E-state index is 14.6. The minimum Gasteiger partial charge on any atom is -0.493 e. The van der Waals surface area contributed by atoms with Crippen molar-refractivity contribution in [1.82, 2.24) is 20.3 Å². The van der Waals surface area contributed by atoms with E-state index in [2.05, 4.69) is 15.6 Å². The van der Waals surface area contributed by atoms with Gasteiger partial charge in [0.05, 0.1) is 31.5 Å². The third-order valence-electron chi connectivity index (χ3n) is 7.87. The number of carbonyl (C=O) groups is 3. The Labute approximate surface area is 258 Å². The molecule has 1 fully saturated rings. The van der Waals surface area contributed by atoms with E-state index in [4.69, 9.17) is 23.7 Å². The highest BCUT2D eigenvalue weighted by molar-refractivity contribution is 6.09. The summed E-state index contributed by atoms with van der Waals surface area (Å²) in [5.74, 6) is -0.101. The molecule has 6 rings (SSSR count). The van der Waals surface area contributed by atoms with Crippen LogP contribution in [0.4, 0.5) is 5.69 Å².